The summed E-state index contributed by atoms with van der Waals surface area (Å²) in [6, 6.07) is 9.82. The van der Waals surface area contributed by atoms with Crippen LogP contribution in [0.5, 0.6) is 0 Å². The Bertz CT molecular complexity index is 754. The van der Waals surface area contributed by atoms with E-state index < -0.39 is 5.41 Å². The molecule has 3 amide bonds. The fraction of sp³-hybridized carbons (Fsp3) is 0.522. The van der Waals surface area contributed by atoms with Crippen molar-refractivity contribution in [2.24, 2.45) is 0 Å². The van der Waals surface area contributed by atoms with Crippen LogP contribution in [0.2, 0.25) is 0 Å². The van der Waals surface area contributed by atoms with Crippen molar-refractivity contribution in [1.82, 2.24) is 14.7 Å². The molecule has 0 aromatic heterocycles. The number of rotatable bonds is 5. The zero-order valence-electron chi connectivity index (χ0n) is 17.3. The minimum absolute atomic E-state index is 0.0149. The van der Waals surface area contributed by atoms with Crippen LogP contribution < -0.4 is 0 Å². The number of nitrogens with zero attached hydrogens (tertiary/aromatic N) is 3. The molecule has 0 N–H and O–H groups in total. The molecule has 2 aliphatic rings. The van der Waals surface area contributed by atoms with Crippen LogP contribution in [-0.4, -0.2) is 71.7 Å². The predicted molar refractivity (Wildman–Crippen MR) is 112 cm³/mol. The molecule has 1 aromatic rings. The molecule has 6 nitrogen and oxygen atoms in total. The van der Waals surface area contributed by atoms with Gasteiger partial charge >= 0.3 is 0 Å². The maximum Gasteiger partial charge on any atom is 0.245 e. The minimum atomic E-state index is -0.695. The first-order valence-electron chi connectivity index (χ1n) is 10.6. The number of piperidine rings is 1. The zero-order chi connectivity index (χ0) is 20.9. The van der Waals surface area contributed by atoms with E-state index in [1.807, 2.05) is 35.2 Å². The Morgan fingerprint density at radius 1 is 1.07 bits per heavy atom. The van der Waals surface area contributed by atoms with Crippen LogP contribution in [0.4, 0.5) is 0 Å². The molecule has 0 atom stereocenters. The molecule has 0 unspecified atom stereocenters. The molecule has 2 aliphatic heterocycles. The summed E-state index contributed by atoms with van der Waals surface area (Å²) in [6.07, 6.45) is 4.15. The fourth-order valence-corrected chi connectivity index (χ4v) is 4.52. The third kappa shape index (κ3) is 4.36. The van der Waals surface area contributed by atoms with Crippen molar-refractivity contribution in [3.05, 3.63) is 48.6 Å². The Labute approximate surface area is 173 Å². The first-order chi connectivity index (χ1) is 14.0. The summed E-state index contributed by atoms with van der Waals surface area (Å²) >= 11 is 0. The van der Waals surface area contributed by atoms with E-state index in [0.29, 0.717) is 39.0 Å². The molecule has 2 heterocycles. The Balaban J connectivity index is 1.85. The largest absolute Gasteiger partial charge is 0.341 e. The number of carbonyl (C=O) groups is 3. The van der Waals surface area contributed by atoms with Gasteiger partial charge in [-0.25, -0.2) is 0 Å². The standard InChI is InChI=1S/C23H31N3O3/c1-3-13-24-14-8-15-26(18-21(24)28)22(29)23(19-9-6-5-7-10-19)11-16-25(17-12-23)20(27)4-2/h4-7,9-10H,2-3,8,11-18H2,1H3. The van der Waals surface area contributed by atoms with Crippen LogP contribution in [0.3, 0.4) is 0 Å². The van der Waals surface area contributed by atoms with Gasteiger partial charge < -0.3 is 14.7 Å². The lowest BCUT2D eigenvalue weighted by molar-refractivity contribution is -0.145. The van der Waals surface area contributed by atoms with Gasteiger partial charge in [-0.15, -0.1) is 0 Å². The normalized spacial score (nSPS) is 19.6. The lowest BCUT2D eigenvalue weighted by atomic mass is 9.71. The van der Waals surface area contributed by atoms with Gasteiger partial charge in [-0.05, 0) is 37.3 Å². The molecule has 2 fully saturated rings. The van der Waals surface area contributed by atoms with E-state index in [4.69, 9.17) is 0 Å². The first kappa shape index (κ1) is 21.1. The van der Waals surface area contributed by atoms with Gasteiger partial charge in [0.15, 0.2) is 0 Å². The number of carbonyl (C=O) groups excluding carboxylic acids is 3. The molecule has 0 spiro atoms. The van der Waals surface area contributed by atoms with Gasteiger partial charge in [-0.1, -0.05) is 43.8 Å². The molecule has 0 radical (unpaired) electrons. The Morgan fingerprint density at radius 2 is 1.76 bits per heavy atom. The third-order valence-corrected chi connectivity index (χ3v) is 6.15. The molecule has 3 rings (SSSR count). The average Bonchev–Trinajstić information content (AvgIpc) is 2.95. The number of amides is 3. The van der Waals surface area contributed by atoms with Crippen molar-refractivity contribution in [1.29, 1.82) is 0 Å². The van der Waals surface area contributed by atoms with Gasteiger partial charge in [0.05, 0.1) is 12.0 Å². The SMILES string of the molecule is C=CC(=O)N1CCC(C(=O)N2CCCN(CCC)C(=O)C2)(c2ccccc2)CC1. The molecule has 2 saturated heterocycles. The summed E-state index contributed by atoms with van der Waals surface area (Å²) in [5.41, 5.74) is 0.275. The number of hydrogen-bond donors (Lipinski definition) is 0. The van der Waals surface area contributed by atoms with E-state index in [1.165, 1.54) is 6.08 Å². The van der Waals surface area contributed by atoms with Crippen LogP contribution in [0.25, 0.3) is 0 Å². The molecular weight excluding hydrogens is 366 g/mol. The summed E-state index contributed by atoms with van der Waals surface area (Å²) in [6.45, 7) is 8.83. The van der Waals surface area contributed by atoms with Crippen molar-refractivity contribution in [2.75, 3.05) is 39.3 Å². The maximum atomic E-state index is 13.8. The highest BCUT2D eigenvalue weighted by Crippen LogP contribution is 2.38. The lowest BCUT2D eigenvalue weighted by Gasteiger charge is -2.43. The highest BCUT2D eigenvalue weighted by Gasteiger charge is 2.46. The van der Waals surface area contributed by atoms with Crippen LogP contribution in [0.15, 0.2) is 43.0 Å². The summed E-state index contributed by atoms with van der Waals surface area (Å²) in [5, 5.41) is 0. The number of hydrogen-bond acceptors (Lipinski definition) is 3. The van der Waals surface area contributed by atoms with E-state index in [-0.39, 0.29) is 24.3 Å². The molecule has 156 valence electrons. The van der Waals surface area contributed by atoms with Crippen LogP contribution >= 0.6 is 0 Å². The second-order valence-electron chi connectivity index (χ2n) is 7.94. The van der Waals surface area contributed by atoms with Gasteiger partial charge in [0.1, 0.15) is 0 Å². The predicted octanol–water partition coefficient (Wildman–Crippen LogP) is 2.20. The topological polar surface area (TPSA) is 60.9 Å². The molecule has 0 aliphatic carbocycles. The van der Waals surface area contributed by atoms with E-state index in [1.54, 1.807) is 9.80 Å². The van der Waals surface area contributed by atoms with E-state index >= 15 is 0 Å². The minimum Gasteiger partial charge on any atom is -0.341 e. The number of benzene rings is 1. The van der Waals surface area contributed by atoms with Crippen molar-refractivity contribution in [2.45, 2.75) is 38.0 Å². The first-order valence-corrected chi connectivity index (χ1v) is 10.6. The molecular formula is C23H31N3O3. The van der Waals surface area contributed by atoms with Crippen molar-refractivity contribution < 1.29 is 14.4 Å². The molecule has 0 saturated carbocycles. The van der Waals surface area contributed by atoms with Crippen LogP contribution in [-0.2, 0) is 19.8 Å². The van der Waals surface area contributed by atoms with Crippen molar-refractivity contribution in [3.63, 3.8) is 0 Å². The second kappa shape index (κ2) is 9.25. The summed E-state index contributed by atoms with van der Waals surface area (Å²) in [7, 11) is 0. The highest BCUT2D eigenvalue weighted by molar-refractivity contribution is 5.93. The smallest absolute Gasteiger partial charge is 0.245 e. The highest BCUT2D eigenvalue weighted by atomic mass is 16.2. The molecule has 1 aromatic carbocycles. The van der Waals surface area contributed by atoms with Crippen LogP contribution in [0.1, 0.15) is 38.2 Å². The molecule has 6 heteroatoms. The van der Waals surface area contributed by atoms with E-state index in [9.17, 15) is 14.4 Å². The number of likely N-dealkylation sites (tertiary alicyclic amines) is 1. The summed E-state index contributed by atoms with van der Waals surface area (Å²) < 4.78 is 0. The Kier molecular flexibility index (Phi) is 6.72. The van der Waals surface area contributed by atoms with Gasteiger partial charge in [0, 0.05) is 32.7 Å². The van der Waals surface area contributed by atoms with Gasteiger partial charge in [0.2, 0.25) is 17.7 Å². The zero-order valence-corrected chi connectivity index (χ0v) is 17.3. The third-order valence-electron chi connectivity index (χ3n) is 6.15. The second-order valence-corrected chi connectivity index (χ2v) is 7.94. The molecule has 29 heavy (non-hydrogen) atoms. The maximum absolute atomic E-state index is 13.8. The summed E-state index contributed by atoms with van der Waals surface area (Å²) in [4.78, 5) is 43.9. The summed E-state index contributed by atoms with van der Waals surface area (Å²) in [5.74, 6) is -0.0550. The van der Waals surface area contributed by atoms with Crippen molar-refractivity contribution in [3.8, 4) is 0 Å². The van der Waals surface area contributed by atoms with Crippen molar-refractivity contribution >= 4 is 17.7 Å². The Morgan fingerprint density at radius 3 is 2.38 bits per heavy atom. The van der Waals surface area contributed by atoms with E-state index in [0.717, 1.165) is 24.9 Å². The quantitative estimate of drug-likeness (QED) is 0.716. The van der Waals surface area contributed by atoms with Crippen LogP contribution in [0, 0.1) is 0 Å². The van der Waals surface area contributed by atoms with E-state index in [2.05, 4.69) is 13.5 Å². The Hall–Kier alpha value is -2.63. The fourth-order valence-electron chi connectivity index (χ4n) is 4.52. The molecule has 0 bridgehead atoms. The monoisotopic (exact) mass is 397 g/mol. The van der Waals surface area contributed by atoms with Gasteiger partial charge in [-0.2, -0.15) is 0 Å². The lowest BCUT2D eigenvalue weighted by Crippen LogP contribution is -2.54. The average molecular weight is 398 g/mol. The van der Waals surface area contributed by atoms with Gasteiger partial charge in [-0.3, -0.25) is 14.4 Å². The van der Waals surface area contributed by atoms with Gasteiger partial charge in [0.25, 0.3) is 0 Å².